The number of carbonyl (C=O) groups excluding carboxylic acids is 1. The Morgan fingerprint density at radius 3 is 2.35 bits per heavy atom. The van der Waals surface area contributed by atoms with Gasteiger partial charge >= 0.3 is 0 Å². The van der Waals surface area contributed by atoms with E-state index in [-0.39, 0.29) is 30.7 Å². The average molecular weight is 407 g/mol. The normalized spacial score (nSPS) is 18.1. The van der Waals surface area contributed by atoms with Crippen molar-refractivity contribution in [1.82, 2.24) is 20.5 Å². The van der Waals surface area contributed by atoms with Crippen LogP contribution < -0.4 is 10.6 Å². The molecule has 26 heavy (non-hydrogen) atoms. The van der Waals surface area contributed by atoms with Gasteiger partial charge in [-0.25, -0.2) is 4.98 Å². The maximum absolute atomic E-state index is 11.8. The van der Waals surface area contributed by atoms with Crippen molar-refractivity contribution in [2.24, 2.45) is 11.8 Å². The summed E-state index contributed by atoms with van der Waals surface area (Å²) in [4.78, 5) is 18.7. The van der Waals surface area contributed by atoms with Crippen LogP contribution in [0.3, 0.4) is 0 Å². The first-order chi connectivity index (χ1) is 11.6. The molecule has 0 unspecified atom stereocenters. The Morgan fingerprint density at radius 1 is 1.12 bits per heavy atom. The van der Waals surface area contributed by atoms with Crippen LogP contribution in [-0.2, 0) is 11.3 Å². The summed E-state index contributed by atoms with van der Waals surface area (Å²) in [6, 6.07) is 0. The molecule has 0 bridgehead atoms. The smallest absolute Gasteiger partial charge is 0.233 e. The minimum atomic E-state index is 0. The maximum Gasteiger partial charge on any atom is 0.233 e. The van der Waals surface area contributed by atoms with E-state index in [9.17, 15) is 4.79 Å². The molecule has 0 spiro atoms. The second kappa shape index (κ2) is 11.1. The summed E-state index contributed by atoms with van der Waals surface area (Å²) < 4.78 is 5.66. The summed E-state index contributed by atoms with van der Waals surface area (Å²) in [6.07, 6.45) is 4.88. The van der Waals surface area contributed by atoms with Gasteiger partial charge in [-0.2, -0.15) is 0 Å². The van der Waals surface area contributed by atoms with E-state index in [4.69, 9.17) is 4.42 Å². The lowest BCUT2D eigenvalue weighted by Gasteiger charge is -2.31. The van der Waals surface area contributed by atoms with E-state index >= 15 is 0 Å². The Labute approximate surface area is 168 Å². The van der Waals surface area contributed by atoms with Gasteiger partial charge < -0.3 is 15.1 Å². The van der Waals surface area contributed by atoms with Crippen LogP contribution in [0.25, 0.3) is 0 Å². The number of hydrogen-bond donors (Lipinski definition) is 2. The van der Waals surface area contributed by atoms with E-state index in [0.717, 1.165) is 68.8 Å². The van der Waals surface area contributed by atoms with Gasteiger partial charge in [0.15, 0.2) is 0 Å². The first-order valence-electron chi connectivity index (χ1n) is 9.23. The number of nitrogens with zero attached hydrogens (tertiary/aromatic N) is 2. The summed E-state index contributed by atoms with van der Waals surface area (Å²) in [5.74, 6) is 3.26. The zero-order valence-corrected chi connectivity index (χ0v) is 17.4. The molecule has 0 atom stereocenters. The quantitative estimate of drug-likeness (QED) is 0.693. The first kappa shape index (κ1) is 23.2. The number of halogens is 2. The fourth-order valence-corrected chi connectivity index (χ4v) is 3.18. The van der Waals surface area contributed by atoms with E-state index in [2.05, 4.69) is 20.5 Å². The van der Waals surface area contributed by atoms with Gasteiger partial charge in [0.25, 0.3) is 0 Å². The zero-order valence-electron chi connectivity index (χ0n) is 15.8. The Morgan fingerprint density at radius 2 is 1.77 bits per heavy atom. The van der Waals surface area contributed by atoms with Crippen molar-refractivity contribution in [1.29, 1.82) is 0 Å². The number of amides is 1. The second-order valence-corrected chi connectivity index (χ2v) is 7.35. The summed E-state index contributed by atoms with van der Waals surface area (Å²) >= 11 is 0. The molecule has 2 aliphatic rings. The second-order valence-electron chi connectivity index (χ2n) is 7.35. The van der Waals surface area contributed by atoms with Gasteiger partial charge in [0.2, 0.25) is 11.8 Å². The SMILES string of the molecule is Cc1nc(CN2CCC(CNC(=O)CNCC3CC3)CC2)oc1C.Cl.Cl. The number of piperidine rings is 1. The molecule has 2 N–H and O–H groups in total. The van der Waals surface area contributed by atoms with E-state index in [0.29, 0.717) is 12.5 Å². The van der Waals surface area contributed by atoms with Crippen LogP contribution >= 0.6 is 24.8 Å². The van der Waals surface area contributed by atoms with Crippen LogP contribution in [0.5, 0.6) is 0 Å². The number of aromatic nitrogens is 1. The van der Waals surface area contributed by atoms with Gasteiger partial charge in [-0.05, 0) is 71.0 Å². The fraction of sp³-hybridized carbons (Fsp3) is 0.778. The Balaban J connectivity index is 0.00000169. The lowest BCUT2D eigenvalue weighted by atomic mass is 9.97. The van der Waals surface area contributed by atoms with Gasteiger partial charge in [0.1, 0.15) is 5.76 Å². The third kappa shape index (κ3) is 7.43. The Bertz CT molecular complexity index is 536. The largest absolute Gasteiger partial charge is 0.444 e. The number of aryl methyl sites for hydroxylation is 2. The predicted molar refractivity (Wildman–Crippen MR) is 107 cm³/mol. The maximum atomic E-state index is 11.8. The van der Waals surface area contributed by atoms with Crippen LogP contribution in [0.4, 0.5) is 0 Å². The van der Waals surface area contributed by atoms with Crippen LogP contribution in [0.15, 0.2) is 4.42 Å². The zero-order chi connectivity index (χ0) is 16.9. The lowest BCUT2D eigenvalue weighted by Crippen LogP contribution is -2.41. The molecule has 2 fully saturated rings. The molecule has 1 aliphatic heterocycles. The summed E-state index contributed by atoms with van der Waals surface area (Å²) in [5.41, 5.74) is 0.984. The highest BCUT2D eigenvalue weighted by atomic mass is 35.5. The van der Waals surface area contributed by atoms with Crippen molar-refractivity contribution in [3.63, 3.8) is 0 Å². The number of nitrogens with one attached hydrogen (secondary N) is 2. The number of oxazole rings is 1. The van der Waals surface area contributed by atoms with Crippen molar-refractivity contribution >= 4 is 30.7 Å². The highest BCUT2D eigenvalue weighted by Gasteiger charge is 2.22. The predicted octanol–water partition coefficient (Wildman–Crippen LogP) is 2.46. The highest BCUT2D eigenvalue weighted by molar-refractivity contribution is 5.85. The van der Waals surface area contributed by atoms with E-state index in [1.54, 1.807) is 0 Å². The van der Waals surface area contributed by atoms with Gasteiger partial charge in [0, 0.05) is 6.54 Å². The summed E-state index contributed by atoms with van der Waals surface area (Å²) in [7, 11) is 0. The van der Waals surface area contributed by atoms with Gasteiger partial charge in [-0.1, -0.05) is 0 Å². The Hall–Kier alpha value is -0.820. The Kier molecular flexibility index (Phi) is 9.93. The molecule has 1 aromatic rings. The van der Waals surface area contributed by atoms with Crippen LogP contribution in [0, 0.1) is 25.7 Å². The van der Waals surface area contributed by atoms with Crippen molar-refractivity contribution in [2.45, 2.75) is 46.1 Å². The van der Waals surface area contributed by atoms with E-state index < -0.39 is 0 Å². The van der Waals surface area contributed by atoms with Crippen molar-refractivity contribution in [3.05, 3.63) is 17.3 Å². The molecule has 1 saturated heterocycles. The fourth-order valence-electron chi connectivity index (χ4n) is 3.18. The number of hydrogen-bond acceptors (Lipinski definition) is 5. The van der Waals surface area contributed by atoms with E-state index in [1.807, 2.05) is 13.8 Å². The third-order valence-corrected chi connectivity index (χ3v) is 5.14. The minimum Gasteiger partial charge on any atom is -0.444 e. The first-order valence-corrected chi connectivity index (χ1v) is 9.23. The van der Waals surface area contributed by atoms with E-state index in [1.165, 1.54) is 12.8 Å². The molecule has 1 aromatic heterocycles. The van der Waals surface area contributed by atoms with Gasteiger partial charge in [-0.15, -0.1) is 24.8 Å². The molecular weight excluding hydrogens is 375 g/mol. The average Bonchev–Trinajstić information content (AvgIpc) is 3.33. The highest BCUT2D eigenvalue weighted by Crippen LogP contribution is 2.27. The van der Waals surface area contributed by atoms with Crippen LogP contribution in [-0.4, -0.2) is 48.5 Å². The standard InChI is InChI=1S/C18H30N4O2.2ClH/c1-13-14(2)24-18(21-13)12-22-7-5-16(6-8-22)10-20-17(23)11-19-9-15-3-4-15;;/h15-16,19H,3-12H2,1-2H3,(H,20,23);2*1H. The molecule has 1 amide bonds. The number of carbonyl (C=O) groups is 1. The third-order valence-electron chi connectivity index (χ3n) is 5.14. The minimum absolute atomic E-state index is 0. The van der Waals surface area contributed by atoms with Crippen LogP contribution in [0.2, 0.25) is 0 Å². The molecule has 1 aliphatic carbocycles. The molecule has 1 saturated carbocycles. The molecule has 3 rings (SSSR count). The molecular formula is C18H32Cl2N4O2. The lowest BCUT2D eigenvalue weighted by molar-refractivity contribution is -0.120. The monoisotopic (exact) mass is 406 g/mol. The van der Waals surface area contributed by atoms with Crippen molar-refractivity contribution in [2.75, 3.05) is 32.7 Å². The van der Waals surface area contributed by atoms with Crippen molar-refractivity contribution in [3.8, 4) is 0 Å². The summed E-state index contributed by atoms with van der Waals surface area (Å²) in [5, 5.41) is 6.31. The van der Waals surface area contributed by atoms with Crippen molar-refractivity contribution < 1.29 is 9.21 Å². The molecule has 2 heterocycles. The molecule has 0 aromatic carbocycles. The molecule has 0 radical (unpaired) electrons. The molecule has 8 heteroatoms. The van der Waals surface area contributed by atoms with Gasteiger partial charge in [0.05, 0.1) is 18.8 Å². The molecule has 150 valence electrons. The summed E-state index contributed by atoms with van der Waals surface area (Å²) in [6.45, 7) is 9.07. The molecule has 6 nitrogen and oxygen atoms in total. The van der Waals surface area contributed by atoms with Gasteiger partial charge in [-0.3, -0.25) is 9.69 Å². The number of likely N-dealkylation sites (tertiary alicyclic amines) is 1. The number of rotatable bonds is 8. The topological polar surface area (TPSA) is 70.4 Å². The van der Waals surface area contributed by atoms with Crippen LogP contribution in [0.1, 0.15) is 43.0 Å².